The second kappa shape index (κ2) is 4.39. The molecule has 0 fully saturated rings. The van der Waals surface area contributed by atoms with Crippen LogP contribution in [-0.2, 0) is 0 Å². The molecule has 0 N–H and O–H groups in total. The summed E-state index contributed by atoms with van der Waals surface area (Å²) in [7, 11) is 0. The first kappa shape index (κ1) is 11.4. The van der Waals surface area contributed by atoms with Crippen molar-refractivity contribution in [2.75, 3.05) is 5.75 Å². The fourth-order valence-electron chi connectivity index (χ4n) is 0.548. The molecule has 0 aromatic rings. The molecule has 0 spiro atoms. The second-order valence-corrected chi connectivity index (χ2v) is 6.14. The molecule has 0 unspecified atom stereocenters. The minimum absolute atomic E-state index is 0.449. The highest BCUT2D eigenvalue weighted by molar-refractivity contribution is 8.00. The molecule has 0 heterocycles. The van der Waals surface area contributed by atoms with E-state index in [-0.39, 0.29) is 0 Å². The predicted molar refractivity (Wildman–Crippen MR) is 56.2 cm³/mol. The molecule has 1 heteroatoms. The van der Waals surface area contributed by atoms with Crippen molar-refractivity contribution in [3.8, 4) is 0 Å². The van der Waals surface area contributed by atoms with Gasteiger partial charge in [0.15, 0.2) is 0 Å². The summed E-state index contributed by atoms with van der Waals surface area (Å²) < 4.78 is 0.449. The van der Waals surface area contributed by atoms with E-state index in [0.29, 0.717) is 4.75 Å². The molecule has 0 aliphatic rings. The van der Waals surface area contributed by atoms with Gasteiger partial charge in [-0.05, 0) is 17.6 Å². The van der Waals surface area contributed by atoms with E-state index in [9.17, 15) is 0 Å². The summed E-state index contributed by atoms with van der Waals surface area (Å²) in [4.78, 5) is 0. The van der Waals surface area contributed by atoms with Crippen LogP contribution in [0, 0.1) is 11.8 Å². The van der Waals surface area contributed by atoms with Crippen molar-refractivity contribution in [2.24, 2.45) is 11.8 Å². The molecule has 0 aliphatic heterocycles. The van der Waals surface area contributed by atoms with Gasteiger partial charge in [0.1, 0.15) is 0 Å². The van der Waals surface area contributed by atoms with Crippen molar-refractivity contribution in [3.63, 3.8) is 0 Å². The molecular formula is C10H22S. The van der Waals surface area contributed by atoms with Gasteiger partial charge in [-0.2, -0.15) is 11.8 Å². The lowest BCUT2D eigenvalue weighted by molar-refractivity contribution is 0.502. The van der Waals surface area contributed by atoms with Crippen LogP contribution in [0.25, 0.3) is 0 Å². The minimum Gasteiger partial charge on any atom is -0.155 e. The normalized spacial score (nSPS) is 13.1. The Balaban J connectivity index is 3.73. The van der Waals surface area contributed by atoms with E-state index in [1.807, 2.05) is 0 Å². The Morgan fingerprint density at radius 3 is 1.82 bits per heavy atom. The Kier molecular flexibility index (Phi) is 4.53. The topological polar surface area (TPSA) is 0 Å². The summed E-state index contributed by atoms with van der Waals surface area (Å²) in [6.45, 7) is 13.8. The Morgan fingerprint density at radius 1 is 1.09 bits per heavy atom. The quantitative estimate of drug-likeness (QED) is 0.624. The van der Waals surface area contributed by atoms with E-state index < -0.39 is 0 Å². The van der Waals surface area contributed by atoms with Crippen LogP contribution in [0.3, 0.4) is 0 Å². The molecule has 0 rings (SSSR count). The standard InChI is InChI=1S/C10H22S/c1-8(2)7-11-10(5,6)9(3)4/h8-9H,7H2,1-6H3. The molecule has 0 aliphatic carbocycles. The maximum atomic E-state index is 2.34. The summed E-state index contributed by atoms with van der Waals surface area (Å²) in [5.41, 5.74) is 0. The molecule has 0 atom stereocenters. The van der Waals surface area contributed by atoms with Crippen molar-refractivity contribution >= 4 is 11.8 Å². The Hall–Kier alpha value is 0.350. The van der Waals surface area contributed by atoms with Crippen LogP contribution in [0.2, 0.25) is 0 Å². The molecule has 68 valence electrons. The highest BCUT2D eigenvalue weighted by Gasteiger charge is 2.22. The summed E-state index contributed by atoms with van der Waals surface area (Å²) in [5.74, 6) is 2.87. The summed E-state index contributed by atoms with van der Waals surface area (Å²) in [5, 5.41) is 0. The summed E-state index contributed by atoms with van der Waals surface area (Å²) >= 11 is 2.09. The Bertz CT molecular complexity index is 103. The number of hydrogen-bond acceptors (Lipinski definition) is 1. The average Bonchev–Trinajstić information content (AvgIpc) is 1.84. The van der Waals surface area contributed by atoms with Crippen molar-refractivity contribution in [3.05, 3.63) is 0 Å². The maximum Gasteiger partial charge on any atom is 0.0126 e. The van der Waals surface area contributed by atoms with Gasteiger partial charge in [0, 0.05) is 4.75 Å². The van der Waals surface area contributed by atoms with Crippen LogP contribution in [0.15, 0.2) is 0 Å². The monoisotopic (exact) mass is 174 g/mol. The first-order chi connectivity index (χ1) is 4.86. The Labute approximate surface area is 76.1 Å². The van der Waals surface area contributed by atoms with Crippen LogP contribution in [0.1, 0.15) is 41.5 Å². The molecule has 0 nitrogen and oxygen atoms in total. The molecule has 0 amide bonds. The molecule has 0 aromatic carbocycles. The number of rotatable bonds is 4. The van der Waals surface area contributed by atoms with E-state index >= 15 is 0 Å². The predicted octanol–water partition coefficient (Wildman–Crippen LogP) is 3.81. The van der Waals surface area contributed by atoms with Crippen LogP contribution in [-0.4, -0.2) is 10.5 Å². The highest BCUT2D eigenvalue weighted by Crippen LogP contribution is 2.33. The van der Waals surface area contributed by atoms with Crippen LogP contribution in [0.4, 0.5) is 0 Å². The van der Waals surface area contributed by atoms with Crippen molar-refractivity contribution in [1.82, 2.24) is 0 Å². The van der Waals surface area contributed by atoms with Gasteiger partial charge in [-0.3, -0.25) is 0 Å². The van der Waals surface area contributed by atoms with E-state index in [2.05, 4.69) is 53.3 Å². The maximum absolute atomic E-state index is 2.34. The lowest BCUT2D eigenvalue weighted by atomic mass is 10.00. The Morgan fingerprint density at radius 2 is 1.55 bits per heavy atom. The van der Waals surface area contributed by atoms with E-state index in [0.717, 1.165) is 11.8 Å². The largest absolute Gasteiger partial charge is 0.155 e. The van der Waals surface area contributed by atoms with E-state index in [1.165, 1.54) is 5.75 Å². The van der Waals surface area contributed by atoms with Crippen LogP contribution in [0.5, 0.6) is 0 Å². The molecule has 0 saturated carbocycles. The average molecular weight is 174 g/mol. The van der Waals surface area contributed by atoms with Gasteiger partial charge >= 0.3 is 0 Å². The van der Waals surface area contributed by atoms with Crippen molar-refractivity contribution < 1.29 is 0 Å². The smallest absolute Gasteiger partial charge is 0.0126 e. The first-order valence-electron chi connectivity index (χ1n) is 4.50. The molecule has 11 heavy (non-hydrogen) atoms. The van der Waals surface area contributed by atoms with Gasteiger partial charge in [-0.25, -0.2) is 0 Å². The third kappa shape index (κ3) is 4.73. The van der Waals surface area contributed by atoms with Gasteiger partial charge in [-0.15, -0.1) is 0 Å². The zero-order valence-electron chi connectivity index (χ0n) is 8.77. The van der Waals surface area contributed by atoms with Crippen molar-refractivity contribution in [2.45, 2.75) is 46.3 Å². The third-order valence-electron chi connectivity index (χ3n) is 2.18. The lowest BCUT2D eigenvalue weighted by Crippen LogP contribution is -2.23. The fraction of sp³-hybridized carbons (Fsp3) is 1.00. The summed E-state index contributed by atoms with van der Waals surface area (Å²) in [6.07, 6.45) is 0. The number of thioether (sulfide) groups is 1. The summed E-state index contributed by atoms with van der Waals surface area (Å²) in [6, 6.07) is 0. The molecular weight excluding hydrogens is 152 g/mol. The fourth-order valence-corrected chi connectivity index (χ4v) is 1.64. The van der Waals surface area contributed by atoms with Gasteiger partial charge in [-0.1, -0.05) is 41.5 Å². The van der Waals surface area contributed by atoms with Gasteiger partial charge in [0.2, 0.25) is 0 Å². The molecule has 0 saturated heterocycles. The van der Waals surface area contributed by atoms with Crippen LogP contribution >= 0.6 is 11.8 Å². The van der Waals surface area contributed by atoms with Gasteiger partial charge in [0.05, 0.1) is 0 Å². The lowest BCUT2D eigenvalue weighted by Gasteiger charge is -2.29. The molecule has 0 aromatic heterocycles. The molecule has 0 bridgehead atoms. The van der Waals surface area contributed by atoms with E-state index in [4.69, 9.17) is 0 Å². The SMILES string of the molecule is CC(C)CSC(C)(C)C(C)C. The van der Waals surface area contributed by atoms with Crippen molar-refractivity contribution in [1.29, 1.82) is 0 Å². The highest BCUT2D eigenvalue weighted by atomic mass is 32.2. The van der Waals surface area contributed by atoms with Crippen LogP contribution < -0.4 is 0 Å². The van der Waals surface area contributed by atoms with Gasteiger partial charge < -0.3 is 0 Å². The van der Waals surface area contributed by atoms with E-state index in [1.54, 1.807) is 0 Å². The zero-order chi connectivity index (χ0) is 9.07. The number of hydrogen-bond donors (Lipinski definition) is 0. The second-order valence-electron chi connectivity index (χ2n) is 4.46. The first-order valence-corrected chi connectivity index (χ1v) is 5.48. The zero-order valence-corrected chi connectivity index (χ0v) is 9.59. The third-order valence-corrected chi connectivity index (χ3v) is 4.23. The minimum atomic E-state index is 0.449. The van der Waals surface area contributed by atoms with Gasteiger partial charge in [0.25, 0.3) is 0 Å². The molecule has 0 radical (unpaired) electrons.